The molecule has 0 spiro atoms. The van der Waals surface area contributed by atoms with Gasteiger partial charge in [0, 0.05) is 0 Å². The summed E-state index contributed by atoms with van der Waals surface area (Å²) in [5.74, 6) is -1.26. The number of aromatic nitrogens is 1. The second-order valence-corrected chi connectivity index (χ2v) is 8.02. The average Bonchev–Trinajstić information content (AvgIpc) is 2.94. The lowest BCUT2D eigenvalue weighted by Crippen LogP contribution is -2.17. The molecule has 0 aliphatic carbocycles. The zero-order valence-electron chi connectivity index (χ0n) is 13.3. The third kappa shape index (κ3) is 3.62. The Morgan fingerprint density at radius 2 is 1.96 bits per heavy atom. The number of amides is 1. The standard InChI is InChI=1S/C15H16N2O5S2/c1-4-24(20,21)11-8-6-5-7-10(11)13(18)17-15-16-9(2)12(23-15)14(19)22-3/h5-8H,4H2,1-3H3,(H,16,17,18). The number of carbonyl (C=O) groups is 2. The van der Waals surface area contributed by atoms with Gasteiger partial charge >= 0.3 is 5.97 Å². The number of sulfone groups is 1. The van der Waals surface area contributed by atoms with Gasteiger partial charge in [0.05, 0.1) is 29.0 Å². The minimum absolute atomic E-state index is 0.0341. The summed E-state index contributed by atoms with van der Waals surface area (Å²) in [5, 5.41) is 2.73. The van der Waals surface area contributed by atoms with Gasteiger partial charge in [-0.2, -0.15) is 0 Å². The van der Waals surface area contributed by atoms with Crippen molar-refractivity contribution >= 4 is 38.2 Å². The second kappa shape index (κ2) is 7.10. The number of methoxy groups -OCH3 is 1. The largest absolute Gasteiger partial charge is 0.465 e. The van der Waals surface area contributed by atoms with Crippen molar-refractivity contribution in [3.05, 3.63) is 40.4 Å². The van der Waals surface area contributed by atoms with Crippen LogP contribution >= 0.6 is 11.3 Å². The number of ether oxygens (including phenoxy) is 1. The van der Waals surface area contributed by atoms with E-state index < -0.39 is 21.7 Å². The molecule has 0 atom stereocenters. The summed E-state index contributed by atoms with van der Waals surface area (Å²) in [6.45, 7) is 3.13. The van der Waals surface area contributed by atoms with E-state index in [1.165, 1.54) is 26.2 Å². The van der Waals surface area contributed by atoms with E-state index in [2.05, 4.69) is 15.0 Å². The fourth-order valence-electron chi connectivity index (χ4n) is 1.98. The lowest BCUT2D eigenvalue weighted by molar-refractivity contribution is 0.0605. The van der Waals surface area contributed by atoms with Crippen LogP contribution in [-0.2, 0) is 14.6 Å². The number of hydrogen-bond acceptors (Lipinski definition) is 7. The molecule has 0 radical (unpaired) electrons. The molecule has 9 heteroatoms. The molecule has 1 aromatic heterocycles. The highest BCUT2D eigenvalue weighted by Gasteiger charge is 2.22. The van der Waals surface area contributed by atoms with Gasteiger partial charge in [-0.05, 0) is 19.1 Å². The van der Waals surface area contributed by atoms with Crippen molar-refractivity contribution in [2.24, 2.45) is 0 Å². The van der Waals surface area contributed by atoms with Gasteiger partial charge in [0.1, 0.15) is 4.88 Å². The van der Waals surface area contributed by atoms with Crippen molar-refractivity contribution in [3.63, 3.8) is 0 Å². The predicted molar refractivity (Wildman–Crippen MR) is 90.3 cm³/mol. The number of rotatable bonds is 5. The Labute approximate surface area is 143 Å². The van der Waals surface area contributed by atoms with Gasteiger partial charge in [0.25, 0.3) is 5.91 Å². The highest BCUT2D eigenvalue weighted by atomic mass is 32.2. The van der Waals surface area contributed by atoms with E-state index in [0.717, 1.165) is 11.3 Å². The molecule has 1 aromatic carbocycles. The number of thiazole rings is 1. The fraction of sp³-hybridized carbons (Fsp3) is 0.267. The maximum Gasteiger partial charge on any atom is 0.350 e. The third-order valence-corrected chi connectivity index (χ3v) is 6.07. The summed E-state index contributed by atoms with van der Waals surface area (Å²) in [7, 11) is -2.28. The minimum Gasteiger partial charge on any atom is -0.465 e. The number of esters is 1. The van der Waals surface area contributed by atoms with E-state index in [1.54, 1.807) is 19.1 Å². The molecule has 2 aromatic rings. The van der Waals surface area contributed by atoms with Crippen molar-refractivity contribution in [1.82, 2.24) is 4.98 Å². The molecule has 1 heterocycles. The maximum absolute atomic E-state index is 12.4. The summed E-state index contributed by atoms with van der Waals surface area (Å²) in [5.41, 5.74) is 0.462. The van der Waals surface area contributed by atoms with Crippen molar-refractivity contribution in [2.75, 3.05) is 18.2 Å². The average molecular weight is 368 g/mol. The van der Waals surface area contributed by atoms with Crippen LogP contribution in [0.2, 0.25) is 0 Å². The number of nitrogens with zero attached hydrogens (tertiary/aromatic N) is 1. The first-order chi connectivity index (χ1) is 11.3. The van der Waals surface area contributed by atoms with Crippen LogP contribution in [0.1, 0.15) is 32.6 Å². The third-order valence-electron chi connectivity index (χ3n) is 3.23. The number of nitrogens with one attached hydrogen (secondary N) is 1. The summed E-state index contributed by atoms with van der Waals surface area (Å²) in [6.07, 6.45) is 0. The molecule has 0 aliphatic heterocycles. The van der Waals surface area contributed by atoms with E-state index in [-0.39, 0.29) is 26.2 Å². The van der Waals surface area contributed by atoms with Crippen LogP contribution in [0.15, 0.2) is 29.2 Å². The van der Waals surface area contributed by atoms with Crippen molar-refractivity contribution in [2.45, 2.75) is 18.7 Å². The molecule has 1 amide bonds. The SMILES string of the molecule is CCS(=O)(=O)c1ccccc1C(=O)Nc1nc(C)c(C(=O)OC)s1. The Balaban J connectivity index is 2.34. The number of carbonyl (C=O) groups excluding carboxylic acids is 2. The highest BCUT2D eigenvalue weighted by molar-refractivity contribution is 7.91. The van der Waals surface area contributed by atoms with Crippen LogP contribution in [0, 0.1) is 6.92 Å². The molecule has 2 rings (SSSR count). The normalized spacial score (nSPS) is 11.1. The first kappa shape index (κ1) is 18.1. The van der Waals surface area contributed by atoms with Crippen molar-refractivity contribution < 1.29 is 22.7 Å². The Bertz CT molecular complexity index is 887. The quantitative estimate of drug-likeness (QED) is 0.812. The van der Waals surface area contributed by atoms with Gasteiger partial charge < -0.3 is 4.74 Å². The molecule has 0 saturated carbocycles. The number of anilines is 1. The molecule has 1 N–H and O–H groups in total. The molecular formula is C15H16N2O5S2. The Morgan fingerprint density at radius 3 is 2.58 bits per heavy atom. The van der Waals surface area contributed by atoms with Gasteiger partial charge in [0.15, 0.2) is 15.0 Å². The summed E-state index contributed by atoms with van der Waals surface area (Å²) < 4.78 is 28.9. The Morgan fingerprint density at radius 1 is 1.29 bits per heavy atom. The van der Waals surface area contributed by atoms with E-state index in [9.17, 15) is 18.0 Å². The number of hydrogen-bond donors (Lipinski definition) is 1. The molecule has 128 valence electrons. The summed E-state index contributed by atoms with van der Waals surface area (Å²) in [6, 6.07) is 5.96. The lowest BCUT2D eigenvalue weighted by atomic mass is 10.2. The van der Waals surface area contributed by atoms with Gasteiger partial charge in [-0.15, -0.1) is 0 Å². The monoisotopic (exact) mass is 368 g/mol. The Hall–Kier alpha value is -2.26. The van der Waals surface area contributed by atoms with Gasteiger partial charge in [0.2, 0.25) is 0 Å². The smallest absolute Gasteiger partial charge is 0.350 e. The molecule has 0 aliphatic rings. The number of aryl methyl sites for hydroxylation is 1. The van der Waals surface area contributed by atoms with E-state index in [1.807, 2.05) is 0 Å². The molecule has 0 fully saturated rings. The van der Waals surface area contributed by atoms with Crippen LogP contribution in [0.4, 0.5) is 5.13 Å². The zero-order valence-corrected chi connectivity index (χ0v) is 15.0. The van der Waals surface area contributed by atoms with Crippen LogP contribution in [0.25, 0.3) is 0 Å². The zero-order chi connectivity index (χ0) is 17.9. The molecule has 24 heavy (non-hydrogen) atoms. The van der Waals surface area contributed by atoms with Crippen molar-refractivity contribution in [3.8, 4) is 0 Å². The van der Waals surface area contributed by atoms with E-state index >= 15 is 0 Å². The molecule has 7 nitrogen and oxygen atoms in total. The van der Waals surface area contributed by atoms with Crippen LogP contribution in [0.5, 0.6) is 0 Å². The van der Waals surface area contributed by atoms with E-state index in [4.69, 9.17) is 0 Å². The summed E-state index contributed by atoms with van der Waals surface area (Å²) in [4.78, 5) is 28.4. The first-order valence-corrected chi connectivity index (χ1v) is 9.46. The fourth-order valence-corrected chi connectivity index (χ4v) is 3.95. The Kier molecular flexibility index (Phi) is 5.35. The van der Waals surface area contributed by atoms with Crippen LogP contribution in [-0.4, -0.2) is 38.1 Å². The molecule has 0 unspecified atom stereocenters. The van der Waals surface area contributed by atoms with Gasteiger partial charge in [-0.25, -0.2) is 18.2 Å². The van der Waals surface area contributed by atoms with E-state index in [0.29, 0.717) is 5.69 Å². The molecule has 0 bridgehead atoms. The number of benzene rings is 1. The molecular weight excluding hydrogens is 352 g/mol. The highest BCUT2D eigenvalue weighted by Crippen LogP contribution is 2.25. The second-order valence-electron chi connectivity index (χ2n) is 4.78. The van der Waals surface area contributed by atoms with Gasteiger partial charge in [-0.1, -0.05) is 30.4 Å². The topological polar surface area (TPSA) is 102 Å². The first-order valence-electron chi connectivity index (χ1n) is 6.99. The van der Waals surface area contributed by atoms with Crippen LogP contribution < -0.4 is 5.32 Å². The maximum atomic E-state index is 12.4. The summed E-state index contributed by atoms with van der Waals surface area (Å²) >= 11 is 0.967. The molecule has 0 saturated heterocycles. The van der Waals surface area contributed by atoms with Gasteiger partial charge in [-0.3, -0.25) is 10.1 Å². The van der Waals surface area contributed by atoms with Crippen LogP contribution in [0.3, 0.4) is 0 Å². The lowest BCUT2D eigenvalue weighted by Gasteiger charge is -2.08. The minimum atomic E-state index is -3.54. The predicted octanol–water partition coefficient (Wildman–Crippen LogP) is 2.28. The van der Waals surface area contributed by atoms with Crippen molar-refractivity contribution in [1.29, 1.82) is 0 Å².